The molecular weight excluding hydrogens is 418 g/mol. The highest BCUT2D eigenvalue weighted by atomic mass is 32.2. The summed E-state index contributed by atoms with van der Waals surface area (Å²) in [4.78, 5) is 0.912. The number of benzene rings is 3. The maximum Gasteiger partial charge on any atom is 0.295 e. The molecule has 4 aromatic rings. The van der Waals surface area contributed by atoms with Gasteiger partial charge in [-0.3, -0.25) is 4.55 Å². The van der Waals surface area contributed by atoms with Gasteiger partial charge in [0.05, 0.1) is 11.4 Å². The van der Waals surface area contributed by atoms with Crippen molar-refractivity contribution in [2.45, 2.75) is 4.90 Å². The Morgan fingerprint density at radius 3 is 2.30 bits per heavy atom. The van der Waals surface area contributed by atoms with Crippen molar-refractivity contribution in [3.8, 4) is 0 Å². The number of nitrogens with zero attached hydrogens (tertiary/aromatic N) is 2. The fourth-order valence-corrected chi connectivity index (χ4v) is 4.31. The molecule has 0 amide bonds. The predicted octanol–water partition coefficient (Wildman–Crippen LogP) is 6.32. The fraction of sp³-hybridized carbons (Fsp3) is 0. The van der Waals surface area contributed by atoms with Crippen molar-refractivity contribution in [1.29, 1.82) is 0 Å². The number of nitrogen functional groups attached to an aromatic ring is 1. The van der Waals surface area contributed by atoms with Crippen LogP contribution in [0.3, 0.4) is 0 Å². The minimum atomic E-state index is -4.45. The van der Waals surface area contributed by atoms with Crippen LogP contribution < -0.4 is 5.73 Å². The molecule has 3 aromatic carbocycles. The Balaban J connectivity index is 1.65. The molecule has 30 heavy (non-hydrogen) atoms. The van der Waals surface area contributed by atoms with Crippen molar-refractivity contribution in [2.75, 3.05) is 5.73 Å². The molecule has 0 spiro atoms. The highest BCUT2D eigenvalue weighted by molar-refractivity contribution is 7.86. The maximum absolute atomic E-state index is 11.8. The van der Waals surface area contributed by atoms with Gasteiger partial charge >= 0.3 is 0 Å². The second-order valence-electron chi connectivity index (χ2n) is 6.47. The number of fused-ring (bicyclic) bond motifs is 1. The van der Waals surface area contributed by atoms with E-state index in [4.69, 9.17) is 5.73 Å². The van der Waals surface area contributed by atoms with E-state index in [-0.39, 0.29) is 16.3 Å². The number of azo groups is 1. The van der Waals surface area contributed by atoms with Gasteiger partial charge in [-0.05, 0) is 41.3 Å². The minimum Gasteiger partial charge on any atom is -0.396 e. The molecule has 0 saturated heterocycles. The van der Waals surface area contributed by atoms with E-state index in [0.29, 0.717) is 16.5 Å². The quantitative estimate of drug-likeness (QED) is 0.217. The van der Waals surface area contributed by atoms with Crippen molar-refractivity contribution in [3.05, 3.63) is 82.6 Å². The molecule has 1 heterocycles. The van der Waals surface area contributed by atoms with E-state index >= 15 is 0 Å². The Bertz CT molecular complexity index is 1360. The van der Waals surface area contributed by atoms with Crippen LogP contribution in [0.1, 0.15) is 10.4 Å². The summed E-state index contributed by atoms with van der Waals surface area (Å²) in [7, 11) is -4.45. The third-order valence-corrected chi connectivity index (χ3v) is 6.19. The first-order chi connectivity index (χ1) is 14.4. The normalized spacial score (nSPS) is 12.3. The van der Waals surface area contributed by atoms with Crippen molar-refractivity contribution in [2.24, 2.45) is 10.2 Å². The van der Waals surface area contributed by atoms with Gasteiger partial charge in [-0.15, -0.1) is 16.5 Å². The average Bonchev–Trinajstić information content (AvgIpc) is 3.25. The Morgan fingerprint density at radius 1 is 0.900 bits per heavy atom. The first-order valence-electron chi connectivity index (χ1n) is 8.94. The zero-order valence-electron chi connectivity index (χ0n) is 15.6. The van der Waals surface area contributed by atoms with Gasteiger partial charge in [0, 0.05) is 15.6 Å². The lowest BCUT2D eigenvalue weighted by Crippen LogP contribution is -2.01. The highest BCUT2D eigenvalue weighted by Gasteiger charge is 2.18. The Labute approximate surface area is 177 Å². The monoisotopic (exact) mass is 435 g/mol. The molecule has 0 saturated carbocycles. The van der Waals surface area contributed by atoms with Gasteiger partial charge in [0.1, 0.15) is 10.6 Å². The number of nitrogens with two attached hydrogens (primary N) is 1. The Morgan fingerprint density at radius 2 is 1.63 bits per heavy atom. The smallest absolute Gasteiger partial charge is 0.295 e. The lowest BCUT2D eigenvalue weighted by atomic mass is 10.1. The number of thiophene rings is 1. The van der Waals surface area contributed by atoms with Crippen molar-refractivity contribution >= 4 is 61.4 Å². The van der Waals surface area contributed by atoms with E-state index < -0.39 is 10.1 Å². The molecule has 150 valence electrons. The zero-order chi connectivity index (χ0) is 21.1. The van der Waals surface area contributed by atoms with E-state index in [1.807, 2.05) is 41.8 Å². The lowest BCUT2D eigenvalue weighted by molar-refractivity contribution is 0.484. The highest BCUT2D eigenvalue weighted by Crippen LogP contribution is 2.36. The van der Waals surface area contributed by atoms with Gasteiger partial charge < -0.3 is 5.73 Å². The largest absolute Gasteiger partial charge is 0.396 e. The van der Waals surface area contributed by atoms with Crippen molar-refractivity contribution < 1.29 is 13.0 Å². The Hall–Kier alpha value is -3.33. The molecule has 0 aliphatic heterocycles. The van der Waals surface area contributed by atoms with Crippen molar-refractivity contribution in [3.63, 3.8) is 0 Å². The molecule has 3 N–H and O–H groups in total. The SMILES string of the molecule is Nc1c(N=Nc2ccc(/C=C/c3cccs3)cc2)cc(S(=O)(=O)O)c2ccccc12. The summed E-state index contributed by atoms with van der Waals surface area (Å²) in [5, 5.41) is 11.1. The van der Waals surface area contributed by atoms with Crippen molar-refractivity contribution in [1.82, 2.24) is 0 Å². The van der Waals surface area contributed by atoms with E-state index in [9.17, 15) is 13.0 Å². The molecular formula is C22H17N3O3S2. The fourth-order valence-electron chi connectivity index (χ4n) is 2.97. The van der Waals surface area contributed by atoms with Crippen LogP contribution in [0, 0.1) is 0 Å². The van der Waals surface area contributed by atoms with E-state index in [2.05, 4.69) is 10.2 Å². The summed E-state index contributed by atoms with van der Waals surface area (Å²) in [6.07, 6.45) is 4.04. The van der Waals surface area contributed by atoms with Gasteiger partial charge in [0.15, 0.2) is 0 Å². The minimum absolute atomic E-state index is 0.169. The van der Waals surface area contributed by atoms with Gasteiger partial charge in [-0.25, -0.2) is 0 Å². The number of hydrogen-bond acceptors (Lipinski definition) is 6. The van der Waals surface area contributed by atoms with Gasteiger partial charge in [-0.1, -0.05) is 48.5 Å². The van der Waals surface area contributed by atoms with Crippen LogP contribution in [0.4, 0.5) is 17.1 Å². The Kier molecular flexibility index (Phi) is 5.45. The number of rotatable bonds is 5. The summed E-state index contributed by atoms with van der Waals surface area (Å²) in [5.74, 6) is 0. The second kappa shape index (κ2) is 8.19. The predicted molar refractivity (Wildman–Crippen MR) is 122 cm³/mol. The van der Waals surface area contributed by atoms with Gasteiger partial charge in [0.25, 0.3) is 10.1 Å². The zero-order valence-corrected chi connectivity index (χ0v) is 17.3. The van der Waals surface area contributed by atoms with Crippen LogP contribution in [-0.4, -0.2) is 13.0 Å². The number of anilines is 1. The van der Waals surface area contributed by atoms with Crippen LogP contribution in [-0.2, 0) is 10.1 Å². The molecule has 4 rings (SSSR count). The lowest BCUT2D eigenvalue weighted by Gasteiger charge is -2.09. The summed E-state index contributed by atoms with van der Waals surface area (Å²) in [6.45, 7) is 0. The van der Waals surface area contributed by atoms with Gasteiger partial charge in [-0.2, -0.15) is 13.5 Å². The molecule has 0 bridgehead atoms. The van der Waals surface area contributed by atoms with E-state index in [1.165, 1.54) is 10.9 Å². The molecule has 0 aliphatic carbocycles. The average molecular weight is 436 g/mol. The van der Waals surface area contributed by atoms with Crippen LogP contribution in [0.2, 0.25) is 0 Å². The van der Waals surface area contributed by atoms with E-state index in [1.54, 1.807) is 47.7 Å². The molecule has 0 atom stereocenters. The molecule has 0 unspecified atom stereocenters. The third kappa shape index (κ3) is 4.30. The summed E-state index contributed by atoms with van der Waals surface area (Å²) in [5.41, 5.74) is 8.23. The first-order valence-corrected chi connectivity index (χ1v) is 11.3. The summed E-state index contributed by atoms with van der Waals surface area (Å²) < 4.78 is 33.2. The van der Waals surface area contributed by atoms with Gasteiger partial charge in [0.2, 0.25) is 0 Å². The first kappa shape index (κ1) is 20.0. The summed E-state index contributed by atoms with van der Waals surface area (Å²) >= 11 is 1.66. The molecule has 0 aliphatic rings. The molecule has 0 radical (unpaired) electrons. The van der Waals surface area contributed by atoms with Crippen LogP contribution >= 0.6 is 11.3 Å². The maximum atomic E-state index is 11.8. The standard InChI is InChI=1S/C22H17N3O3S2/c23-22-19-6-2-1-5-18(19)21(30(26,27)28)14-20(22)25-24-16-10-7-15(8-11-16)9-12-17-4-3-13-29-17/h1-14H,23H2,(H,26,27,28)/b12-9+,25-24?. The van der Waals surface area contributed by atoms with Crippen LogP contribution in [0.15, 0.2) is 87.2 Å². The molecule has 8 heteroatoms. The van der Waals surface area contributed by atoms with E-state index in [0.717, 1.165) is 5.56 Å². The number of hydrogen-bond donors (Lipinski definition) is 2. The molecule has 6 nitrogen and oxygen atoms in total. The molecule has 1 aromatic heterocycles. The summed E-state index contributed by atoms with van der Waals surface area (Å²) in [6, 6.07) is 19.4. The molecule has 0 fully saturated rings. The third-order valence-electron chi connectivity index (χ3n) is 4.45. The van der Waals surface area contributed by atoms with Crippen LogP contribution in [0.25, 0.3) is 22.9 Å². The second-order valence-corrected chi connectivity index (χ2v) is 8.84. The van der Waals surface area contributed by atoms with Crippen LogP contribution in [0.5, 0.6) is 0 Å². The topological polar surface area (TPSA) is 105 Å².